The second-order valence-electron chi connectivity index (χ2n) is 6.39. The van der Waals surface area contributed by atoms with E-state index in [0.717, 1.165) is 0 Å². The van der Waals surface area contributed by atoms with Crippen molar-refractivity contribution in [1.29, 1.82) is 0 Å². The summed E-state index contributed by atoms with van der Waals surface area (Å²) in [6.45, 7) is -0.286. The fourth-order valence-electron chi connectivity index (χ4n) is 1.83. The van der Waals surface area contributed by atoms with Crippen molar-refractivity contribution in [2.45, 2.75) is 71.7 Å². The van der Waals surface area contributed by atoms with Gasteiger partial charge in [-0.25, -0.2) is 0 Å². The molecule has 0 aliphatic heterocycles. The predicted octanol–water partition coefficient (Wildman–Crippen LogP) is 7.58. The summed E-state index contributed by atoms with van der Waals surface area (Å²) in [6, 6.07) is 0. The van der Waals surface area contributed by atoms with E-state index >= 15 is 0 Å². The number of halogens is 21. The Kier molecular flexibility index (Phi) is 7.68. The monoisotopic (exact) mass is 580 g/mol. The summed E-state index contributed by atoms with van der Waals surface area (Å²) >= 11 is 2.42. The molecule has 0 aliphatic rings. The normalized spacial score (nSPS) is 17.7. The maximum Gasteiger partial charge on any atom is 0.460 e. The number of alkyl halides is 21. The minimum atomic E-state index is -9.15. The molecule has 0 rings (SSSR count). The smallest absolute Gasteiger partial charge is 0.198 e. The van der Waals surface area contributed by atoms with Crippen LogP contribution in [0.25, 0.3) is 0 Å². The number of thiol groups is 1. The fourth-order valence-corrected chi connectivity index (χ4v) is 1.99. The van der Waals surface area contributed by atoms with Gasteiger partial charge in [-0.15, -0.1) is 0 Å². The van der Waals surface area contributed by atoms with Gasteiger partial charge in [0.1, 0.15) is 0 Å². The molecule has 0 N–H and O–H groups in total. The molecule has 0 saturated carbocycles. The van der Waals surface area contributed by atoms with E-state index in [1.54, 1.807) is 0 Å². The third kappa shape index (κ3) is 3.74. The average molecular weight is 580 g/mol. The molecular weight excluding hydrogens is 575 g/mol. The van der Waals surface area contributed by atoms with Gasteiger partial charge in [0, 0.05) is 0 Å². The van der Waals surface area contributed by atoms with Gasteiger partial charge >= 0.3 is 59.5 Å². The van der Waals surface area contributed by atoms with Crippen molar-refractivity contribution in [3.05, 3.63) is 0 Å². The van der Waals surface area contributed by atoms with Crippen molar-refractivity contribution in [3.8, 4) is 0 Å². The lowest BCUT2D eigenvalue weighted by Crippen LogP contribution is -2.77. The lowest BCUT2D eigenvalue weighted by molar-refractivity contribution is -0.474. The third-order valence-electron chi connectivity index (χ3n) is 4.06. The van der Waals surface area contributed by atoms with Crippen LogP contribution in [0.15, 0.2) is 0 Å². The van der Waals surface area contributed by atoms with E-state index in [9.17, 15) is 92.2 Å². The van der Waals surface area contributed by atoms with Gasteiger partial charge in [0.25, 0.3) is 0 Å². The maximum atomic E-state index is 13.4. The van der Waals surface area contributed by atoms with E-state index in [4.69, 9.17) is 0 Å². The number of hydrogen-bond donors (Lipinski definition) is 1. The van der Waals surface area contributed by atoms with Gasteiger partial charge in [-0.1, -0.05) is 0 Å². The minimum absolute atomic E-state index is 0.286. The first-order valence-electron chi connectivity index (χ1n) is 7.34. The summed E-state index contributed by atoms with van der Waals surface area (Å²) in [5.41, 5.74) is 0. The maximum absolute atomic E-state index is 13.4. The highest BCUT2D eigenvalue weighted by Crippen LogP contribution is 2.66. The van der Waals surface area contributed by atoms with Gasteiger partial charge in [-0.2, -0.15) is 105 Å². The molecule has 0 spiro atoms. The number of hydrogen-bond acceptors (Lipinski definition) is 1. The Labute approximate surface area is 177 Å². The largest absolute Gasteiger partial charge is 0.460 e. The average Bonchev–Trinajstić information content (AvgIpc) is 2.58. The van der Waals surface area contributed by atoms with E-state index in [2.05, 4.69) is 12.6 Å². The van der Waals surface area contributed by atoms with Crippen LogP contribution >= 0.6 is 12.6 Å². The Morgan fingerprint density at radius 1 is 0.353 bits per heavy atom. The molecule has 0 bridgehead atoms. The zero-order valence-corrected chi connectivity index (χ0v) is 15.9. The first kappa shape index (κ1) is 32.9. The minimum Gasteiger partial charge on any atom is -0.198 e. The molecule has 1 unspecified atom stereocenters. The highest BCUT2D eigenvalue weighted by Gasteiger charge is 2.97. The van der Waals surface area contributed by atoms with Gasteiger partial charge in [-0.05, 0) is 6.92 Å². The molecule has 22 heteroatoms. The Bertz CT molecular complexity index is 743. The van der Waals surface area contributed by atoms with Crippen LogP contribution in [0.2, 0.25) is 0 Å². The Morgan fingerprint density at radius 2 is 0.529 bits per heavy atom. The molecule has 0 aromatic carbocycles. The van der Waals surface area contributed by atoms with Crippen molar-refractivity contribution in [3.63, 3.8) is 0 Å². The molecule has 1 atom stereocenters. The zero-order chi connectivity index (χ0) is 28.6. The van der Waals surface area contributed by atoms with Gasteiger partial charge in [0.2, 0.25) is 0 Å². The highest BCUT2D eigenvalue weighted by atomic mass is 32.1. The molecular formula is C12H5F21S. The Balaban J connectivity index is 7.08. The number of rotatable bonds is 9. The van der Waals surface area contributed by atoms with Gasteiger partial charge < -0.3 is 0 Å². The zero-order valence-electron chi connectivity index (χ0n) is 15.0. The van der Waals surface area contributed by atoms with Crippen molar-refractivity contribution in [2.75, 3.05) is 0 Å². The van der Waals surface area contributed by atoms with Crippen LogP contribution < -0.4 is 0 Å². The molecule has 0 saturated heterocycles. The molecule has 0 aromatic heterocycles. The van der Waals surface area contributed by atoms with Crippen LogP contribution in [-0.4, -0.2) is 64.7 Å². The van der Waals surface area contributed by atoms with Crippen LogP contribution in [0.3, 0.4) is 0 Å². The second-order valence-corrected chi connectivity index (χ2v) is 7.17. The summed E-state index contributed by atoms with van der Waals surface area (Å²) < 4.78 is 273. The van der Waals surface area contributed by atoms with Crippen molar-refractivity contribution >= 4 is 12.6 Å². The molecule has 0 fully saturated rings. The first-order chi connectivity index (χ1) is 14.2. The molecule has 0 aliphatic carbocycles. The summed E-state index contributed by atoms with van der Waals surface area (Å²) in [7, 11) is 0. The lowest BCUT2D eigenvalue weighted by atomic mass is 9.86. The van der Waals surface area contributed by atoms with E-state index in [0.29, 0.717) is 0 Å². The third-order valence-corrected chi connectivity index (χ3v) is 4.38. The predicted molar refractivity (Wildman–Crippen MR) is 69.0 cm³/mol. The van der Waals surface area contributed by atoms with E-state index in [1.807, 2.05) is 0 Å². The van der Waals surface area contributed by atoms with Crippen LogP contribution in [0.1, 0.15) is 6.92 Å². The molecule has 0 heterocycles. The summed E-state index contributed by atoms with van der Waals surface area (Å²) in [4.78, 5) is 0. The first-order valence-corrected chi connectivity index (χ1v) is 7.86. The van der Waals surface area contributed by atoms with Crippen molar-refractivity contribution in [2.24, 2.45) is 0 Å². The van der Waals surface area contributed by atoms with E-state index in [-0.39, 0.29) is 6.92 Å². The van der Waals surface area contributed by atoms with Crippen LogP contribution in [0.5, 0.6) is 0 Å². The summed E-state index contributed by atoms with van der Waals surface area (Å²) in [5.74, 6) is -76.7. The topological polar surface area (TPSA) is 0 Å². The van der Waals surface area contributed by atoms with Gasteiger partial charge in [0.05, 0.1) is 5.25 Å². The SMILES string of the molecule is CC(S)C(F)(F)C(F)(F)C(F)(F)C(F)(F)C(F)(F)C(F)(F)C(F)(F)C(F)(F)C(F)(F)C(F)(F)F. The van der Waals surface area contributed by atoms with Crippen LogP contribution in [-0.2, 0) is 0 Å². The van der Waals surface area contributed by atoms with Crippen LogP contribution in [0.4, 0.5) is 92.2 Å². The standard InChI is InChI=1S/C12H5F21S/c1-2(34)3(13,14)4(15,16)5(17,18)6(19,20)7(21,22)8(23,24)9(25,26)10(27,28)11(29,30)12(31,32)33/h2,34H,1H3. The molecule has 0 nitrogen and oxygen atoms in total. The lowest BCUT2D eigenvalue weighted by Gasteiger charge is -2.44. The Morgan fingerprint density at radius 3 is 0.706 bits per heavy atom. The van der Waals surface area contributed by atoms with Crippen molar-refractivity contribution in [1.82, 2.24) is 0 Å². The van der Waals surface area contributed by atoms with Crippen LogP contribution in [0, 0.1) is 0 Å². The van der Waals surface area contributed by atoms with E-state index in [1.165, 1.54) is 0 Å². The molecule has 0 radical (unpaired) electrons. The molecule has 34 heavy (non-hydrogen) atoms. The molecule has 0 aromatic rings. The second kappa shape index (κ2) is 7.94. The van der Waals surface area contributed by atoms with Crippen molar-refractivity contribution < 1.29 is 92.2 Å². The fraction of sp³-hybridized carbons (Fsp3) is 1.00. The van der Waals surface area contributed by atoms with E-state index < -0.39 is 64.7 Å². The summed E-state index contributed by atoms with van der Waals surface area (Å²) in [5, 5.41) is -3.51. The quantitative estimate of drug-likeness (QED) is 0.211. The summed E-state index contributed by atoms with van der Waals surface area (Å²) in [6.07, 6.45) is -7.99. The highest BCUT2D eigenvalue weighted by molar-refractivity contribution is 7.81. The van der Waals surface area contributed by atoms with Gasteiger partial charge in [-0.3, -0.25) is 0 Å². The molecule has 0 amide bonds. The van der Waals surface area contributed by atoms with Gasteiger partial charge in [0.15, 0.2) is 0 Å². The molecule has 206 valence electrons. The Hall–Kier alpha value is -1.12.